The molecule has 98 valence electrons. The molecule has 0 radical (unpaired) electrons. The summed E-state index contributed by atoms with van der Waals surface area (Å²) in [5.74, 6) is -0.0286. The summed E-state index contributed by atoms with van der Waals surface area (Å²) in [6, 6.07) is 4.89. The number of imidazole rings is 1. The van der Waals surface area contributed by atoms with Gasteiger partial charge in [-0.05, 0) is 18.6 Å². The van der Waals surface area contributed by atoms with E-state index >= 15 is 0 Å². The molecule has 0 fully saturated rings. The van der Waals surface area contributed by atoms with E-state index in [9.17, 15) is 4.39 Å². The lowest BCUT2D eigenvalue weighted by atomic mass is 10.2. The van der Waals surface area contributed by atoms with Crippen LogP contribution in [0.5, 0.6) is 0 Å². The van der Waals surface area contributed by atoms with Crippen molar-refractivity contribution in [2.75, 3.05) is 5.73 Å². The Balaban J connectivity index is 2.24. The molecule has 2 N–H and O–H groups in total. The second kappa shape index (κ2) is 4.62. The Morgan fingerprint density at radius 2 is 2.32 bits per heavy atom. The minimum absolute atomic E-state index is 0.00759. The van der Waals surface area contributed by atoms with E-state index in [0.717, 1.165) is 11.4 Å². The van der Waals surface area contributed by atoms with E-state index in [0.29, 0.717) is 17.0 Å². The maximum absolute atomic E-state index is 13.7. The van der Waals surface area contributed by atoms with Crippen molar-refractivity contribution in [3.8, 4) is 0 Å². The molecule has 4 nitrogen and oxygen atoms in total. The molecule has 0 saturated carbocycles. The van der Waals surface area contributed by atoms with Crippen molar-refractivity contribution in [1.29, 1.82) is 0 Å². The molecule has 19 heavy (non-hydrogen) atoms. The van der Waals surface area contributed by atoms with Crippen LogP contribution in [-0.4, -0.2) is 14.5 Å². The molecule has 1 unspecified atom stereocenters. The standard InChI is InChI=1S/C13H13FN4S/c1-2-9(12-16-6-7-19-12)18-10-5-3-4-8(14)11(10)17-13(18)15/h3-7,9H,2H2,1H3,(H2,15,17). The molecule has 2 aromatic heterocycles. The molecule has 1 atom stereocenters. The molecule has 3 rings (SSSR count). The highest BCUT2D eigenvalue weighted by Crippen LogP contribution is 2.31. The van der Waals surface area contributed by atoms with Crippen LogP contribution < -0.4 is 5.73 Å². The van der Waals surface area contributed by atoms with Crippen molar-refractivity contribution in [3.05, 3.63) is 40.6 Å². The third kappa shape index (κ3) is 1.88. The van der Waals surface area contributed by atoms with Crippen molar-refractivity contribution in [2.45, 2.75) is 19.4 Å². The zero-order valence-corrected chi connectivity index (χ0v) is 11.2. The van der Waals surface area contributed by atoms with Crippen molar-refractivity contribution in [3.63, 3.8) is 0 Å². The maximum atomic E-state index is 13.7. The van der Waals surface area contributed by atoms with Crippen LogP contribution in [0.2, 0.25) is 0 Å². The average Bonchev–Trinajstić information content (AvgIpc) is 3.01. The zero-order chi connectivity index (χ0) is 13.4. The summed E-state index contributed by atoms with van der Waals surface area (Å²) in [6.45, 7) is 2.05. The number of thiazole rings is 1. The van der Waals surface area contributed by atoms with E-state index in [1.807, 2.05) is 16.0 Å². The predicted molar refractivity (Wildman–Crippen MR) is 74.6 cm³/mol. The molecule has 1 aromatic carbocycles. The van der Waals surface area contributed by atoms with Crippen LogP contribution in [0.25, 0.3) is 11.0 Å². The highest BCUT2D eigenvalue weighted by molar-refractivity contribution is 7.09. The molecule has 0 aliphatic rings. The first-order valence-electron chi connectivity index (χ1n) is 6.03. The minimum atomic E-state index is -0.350. The summed E-state index contributed by atoms with van der Waals surface area (Å²) in [6.07, 6.45) is 2.58. The van der Waals surface area contributed by atoms with Crippen molar-refractivity contribution in [2.24, 2.45) is 0 Å². The number of benzene rings is 1. The van der Waals surface area contributed by atoms with Gasteiger partial charge in [0.1, 0.15) is 10.5 Å². The first-order chi connectivity index (χ1) is 9.22. The van der Waals surface area contributed by atoms with Crippen LogP contribution in [0.3, 0.4) is 0 Å². The Hall–Kier alpha value is -1.95. The average molecular weight is 276 g/mol. The van der Waals surface area contributed by atoms with Crippen molar-refractivity contribution in [1.82, 2.24) is 14.5 Å². The van der Waals surface area contributed by atoms with Crippen LogP contribution in [0.15, 0.2) is 29.8 Å². The number of nitrogens with zero attached hydrogens (tertiary/aromatic N) is 3. The maximum Gasteiger partial charge on any atom is 0.201 e. The zero-order valence-electron chi connectivity index (χ0n) is 10.4. The van der Waals surface area contributed by atoms with E-state index in [4.69, 9.17) is 5.73 Å². The third-order valence-electron chi connectivity index (χ3n) is 3.13. The fourth-order valence-corrected chi connectivity index (χ4v) is 3.11. The third-order valence-corrected chi connectivity index (χ3v) is 4.01. The van der Waals surface area contributed by atoms with Crippen LogP contribution in [-0.2, 0) is 0 Å². The van der Waals surface area contributed by atoms with Crippen LogP contribution in [0.4, 0.5) is 10.3 Å². The van der Waals surface area contributed by atoms with E-state index in [2.05, 4.69) is 16.9 Å². The molecule has 6 heteroatoms. The first kappa shape index (κ1) is 12.1. The summed E-state index contributed by atoms with van der Waals surface area (Å²) in [5.41, 5.74) is 6.99. The van der Waals surface area contributed by atoms with Gasteiger partial charge in [0, 0.05) is 11.6 Å². The van der Waals surface area contributed by atoms with E-state index in [1.54, 1.807) is 23.6 Å². The van der Waals surface area contributed by atoms with Crippen LogP contribution >= 0.6 is 11.3 Å². The second-order valence-corrected chi connectivity index (χ2v) is 5.17. The molecule has 0 saturated heterocycles. The summed E-state index contributed by atoms with van der Waals surface area (Å²) >= 11 is 1.57. The number of rotatable bonds is 3. The largest absolute Gasteiger partial charge is 0.369 e. The van der Waals surface area contributed by atoms with Gasteiger partial charge >= 0.3 is 0 Å². The number of aromatic nitrogens is 3. The molecule has 0 spiro atoms. The molecule has 3 aromatic rings. The molecule has 0 amide bonds. The first-order valence-corrected chi connectivity index (χ1v) is 6.91. The molecule has 0 aliphatic heterocycles. The predicted octanol–water partition coefficient (Wildman–Crippen LogP) is 3.21. The molecular weight excluding hydrogens is 263 g/mol. The number of halogens is 1. The lowest BCUT2D eigenvalue weighted by Crippen LogP contribution is -2.12. The number of nitrogens with two attached hydrogens (primary N) is 1. The summed E-state index contributed by atoms with van der Waals surface area (Å²) in [4.78, 5) is 8.47. The van der Waals surface area contributed by atoms with Crippen molar-refractivity contribution >= 4 is 28.3 Å². The fraction of sp³-hybridized carbons (Fsp3) is 0.231. The Bertz CT molecular complexity index is 705. The van der Waals surface area contributed by atoms with Gasteiger partial charge in [0.2, 0.25) is 5.95 Å². The molecule has 0 bridgehead atoms. The summed E-state index contributed by atoms with van der Waals surface area (Å²) in [7, 11) is 0. The highest BCUT2D eigenvalue weighted by Gasteiger charge is 2.21. The van der Waals surface area contributed by atoms with E-state index < -0.39 is 0 Å². The van der Waals surface area contributed by atoms with Gasteiger partial charge in [-0.25, -0.2) is 14.4 Å². The molecular formula is C13H13FN4S. The number of nitrogen functional groups attached to an aromatic ring is 1. The van der Waals surface area contributed by atoms with Gasteiger partial charge in [-0.2, -0.15) is 0 Å². The van der Waals surface area contributed by atoms with Gasteiger partial charge in [0.25, 0.3) is 0 Å². The number of para-hydroxylation sites is 1. The van der Waals surface area contributed by atoms with Gasteiger partial charge in [-0.1, -0.05) is 13.0 Å². The second-order valence-electron chi connectivity index (χ2n) is 4.24. The molecule has 0 aliphatic carbocycles. The van der Waals surface area contributed by atoms with Gasteiger partial charge in [-0.3, -0.25) is 0 Å². The quantitative estimate of drug-likeness (QED) is 0.799. The van der Waals surface area contributed by atoms with E-state index in [-0.39, 0.29) is 11.9 Å². The Labute approximate surface area is 113 Å². The smallest absolute Gasteiger partial charge is 0.201 e. The van der Waals surface area contributed by atoms with Gasteiger partial charge in [0.05, 0.1) is 11.6 Å². The van der Waals surface area contributed by atoms with Gasteiger partial charge in [0.15, 0.2) is 5.82 Å². The monoisotopic (exact) mass is 276 g/mol. The van der Waals surface area contributed by atoms with Gasteiger partial charge < -0.3 is 10.3 Å². The minimum Gasteiger partial charge on any atom is -0.369 e. The number of fused-ring (bicyclic) bond motifs is 1. The number of hydrogen-bond acceptors (Lipinski definition) is 4. The Morgan fingerprint density at radius 1 is 1.47 bits per heavy atom. The summed E-state index contributed by atoms with van der Waals surface area (Å²) in [5, 5.41) is 2.88. The number of hydrogen-bond donors (Lipinski definition) is 1. The Morgan fingerprint density at radius 3 is 3.00 bits per heavy atom. The normalized spacial score (nSPS) is 12.9. The SMILES string of the molecule is CCC(c1nccs1)n1c(N)nc2c(F)cccc21. The van der Waals surface area contributed by atoms with Crippen LogP contribution in [0.1, 0.15) is 24.4 Å². The highest BCUT2D eigenvalue weighted by atomic mass is 32.1. The van der Waals surface area contributed by atoms with E-state index in [1.165, 1.54) is 6.07 Å². The fourth-order valence-electron chi connectivity index (χ4n) is 2.30. The van der Waals surface area contributed by atoms with Crippen LogP contribution in [0, 0.1) is 5.82 Å². The topological polar surface area (TPSA) is 56.7 Å². The van der Waals surface area contributed by atoms with Gasteiger partial charge in [-0.15, -0.1) is 11.3 Å². The lowest BCUT2D eigenvalue weighted by Gasteiger charge is -2.16. The number of anilines is 1. The molecule has 2 heterocycles. The van der Waals surface area contributed by atoms with Crippen molar-refractivity contribution < 1.29 is 4.39 Å². The Kier molecular flexibility index (Phi) is 2.94. The lowest BCUT2D eigenvalue weighted by molar-refractivity contribution is 0.585. The summed E-state index contributed by atoms with van der Waals surface area (Å²) < 4.78 is 15.6.